The molecule has 0 fully saturated rings. The third-order valence-electron chi connectivity index (χ3n) is 5.32. The van der Waals surface area contributed by atoms with E-state index in [4.69, 9.17) is 21.4 Å². The van der Waals surface area contributed by atoms with Crippen LogP contribution in [0.4, 0.5) is 5.82 Å². The van der Waals surface area contributed by atoms with Crippen molar-refractivity contribution in [3.63, 3.8) is 0 Å². The van der Waals surface area contributed by atoms with Gasteiger partial charge in [-0.1, -0.05) is 38.4 Å². The quantitative estimate of drug-likeness (QED) is 0.464. The maximum Gasteiger partial charge on any atom is 0.231 e. The van der Waals surface area contributed by atoms with Crippen LogP contribution in [0.3, 0.4) is 0 Å². The number of aromatic nitrogens is 3. The van der Waals surface area contributed by atoms with E-state index in [1.807, 2.05) is 24.3 Å². The van der Waals surface area contributed by atoms with Crippen molar-refractivity contribution >= 4 is 33.3 Å². The number of methoxy groups -OCH3 is 1. The Bertz CT molecular complexity index is 1330. The molecule has 0 radical (unpaired) electrons. The average molecular weight is 520 g/mol. The van der Waals surface area contributed by atoms with Crippen LogP contribution in [0.15, 0.2) is 42.6 Å². The number of halogens is 1. The first kappa shape index (κ1) is 26.5. The van der Waals surface area contributed by atoms with E-state index in [9.17, 15) is 13.2 Å². The van der Waals surface area contributed by atoms with Crippen LogP contribution >= 0.6 is 11.6 Å². The Morgan fingerprint density at radius 1 is 1.23 bits per heavy atom. The Morgan fingerprint density at radius 2 is 1.94 bits per heavy atom. The van der Waals surface area contributed by atoms with Crippen molar-refractivity contribution in [1.29, 1.82) is 0 Å². The summed E-state index contributed by atoms with van der Waals surface area (Å²) in [7, 11) is -2.12. The van der Waals surface area contributed by atoms with Gasteiger partial charge >= 0.3 is 0 Å². The molecule has 188 valence electrons. The molecule has 1 aromatic carbocycles. The summed E-state index contributed by atoms with van der Waals surface area (Å²) in [5.41, 5.74) is 2.89. The van der Waals surface area contributed by atoms with Gasteiger partial charge in [-0.2, -0.15) is 5.10 Å². The lowest BCUT2D eigenvalue weighted by atomic mass is 9.92. The summed E-state index contributed by atoms with van der Waals surface area (Å²) in [5, 5.41) is 8.32. The summed E-state index contributed by atoms with van der Waals surface area (Å²) < 4.78 is 32.4. The first-order chi connectivity index (χ1) is 16.3. The average Bonchev–Trinajstić information content (AvgIpc) is 3.21. The third-order valence-corrected chi connectivity index (χ3v) is 6.12. The number of hydrogen-bond acceptors (Lipinski definition) is 6. The van der Waals surface area contributed by atoms with E-state index >= 15 is 0 Å². The van der Waals surface area contributed by atoms with Gasteiger partial charge in [-0.05, 0) is 42.8 Å². The summed E-state index contributed by atoms with van der Waals surface area (Å²) in [6.07, 6.45) is 2.48. The maximum absolute atomic E-state index is 13.0. The van der Waals surface area contributed by atoms with Gasteiger partial charge in [0.25, 0.3) is 0 Å². The molecule has 9 nitrogen and oxygen atoms in total. The molecular weight excluding hydrogens is 490 g/mol. The molecule has 2 aromatic heterocycles. The van der Waals surface area contributed by atoms with Gasteiger partial charge in [-0.25, -0.2) is 18.1 Å². The van der Waals surface area contributed by atoms with Gasteiger partial charge in [0, 0.05) is 16.6 Å². The van der Waals surface area contributed by atoms with Crippen LogP contribution in [-0.2, 0) is 26.8 Å². The fraction of sp³-hybridized carbons (Fsp3) is 0.375. The number of sulfonamides is 1. The van der Waals surface area contributed by atoms with Gasteiger partial charge in [0.05, 0.1) is 42.9 Å². The number of nitrogens with zero attached hydrogens (tertiary/aromatic N) is 3. The van der Waals surface area contributed by atoms with Crippen LogP contribution in [0, 0.1) is 0 Å². The third kappa shape index (κ3) is 6.73. The first-order valence-corrected chi connectivity index (χ1v) is 13.2. The van der Waals surface area contributed by atoms with Crippen LogP contribution in [0.25, 0.3) is 5.69 Å². The zero-order valence-corrected chi connectivity index (χ0v) is 22.2. The van der Waals surface area contributed by atoms with E-state index in [1.165, 1.54) is 13.3 Å². The number of benzene rings is 1. The maximum atomic E-state index is 13.0. The van der Waals surface area contributed by atoms with E-state index < -0.39 is 15.9 Å². The summed E-state index contributed by atoms with van der Waals surface area (Å²) >= 11 is 6.19. The van der Waals surface area contributed by atoms with Crippen molar-refractivity contribution in [2.45, 2.75) is 45.6 Å². The van der Waals surface area contributed by atoms with Crippen LogP contribution in [-0.4, -0.2) is 42.5 Å². The minimum atomic E-state index is -3.53. The van der Waals surface area contributed by atoms with Crippen molar-refractivity contribution in [2.75, 3.05) is 18.1 Å². The highest BCUT2D eigenvalue weighted by Crippen LogP contribution is 2.28. The summed E-state index contributed by atoms with van der Waals surface area (Å²) in [6, 6.07) is 10.9. The zero-order chi connectivity index (χ0) is 26.0. The topological polar surface area (TPSA) is 115 Å². The molecule has 0 saturated carbocycles. The number of ether oxygens (including phenoxy) is 1. The van der Waals surface area contributed by atoms with E-state index in [-0.39, 0.29) is 29.4 Å². The zero-order valence-electron chi connectivity index (χ0n) is 20.6. The summed E-state index contributed by atoms with van der Waals surface area (Å²) in [5.74, 6) is -0.505. The Hall–Kier alpha value is -3.11. The number of anilines is 1. The lowest BCUT2D eigenvalue weighted by Gasteiger charge is -2.15. The highest BCUT2D eigenvalue weighted by molar-refractivity contribution is 7.92. The molecule has 3 aromatic rings. The van der Waals surface area contributed by atoms with Gasteiger partial charge in [0.15, 0.2) is 11.6 Å². The molecule has 1 atom stereocenters. The van der Waals surface area contributed by atoms with Crippen molar-refractivity contribution in [2.24, 2.45) is 0 Å². The largest absolute Gasteiger partial charge is 0.493 e. The predicted octanol–water partition coefficient (Wildman–Crippen LogP) is 4.02. The second-order valence-corrected chi connectivity index (χ2v) is 11.5. The molecule has 0 aliphatic rings. The molecule has 11 heteroatoms. The molecule has 0 aliphatic carbocycles. The lowest BCUT2D eigenvalue weighted by Crippen LogP contribution is -2.28. The van der Waals surface area contributed by atoms with Crippen LogP contribution < -0.4 is 14.8 Å². The van der Waals surface area contributed by atoms with Gasteiger partial charge in [-0.3, -0.25) is 9.52 Å². The number of carbonyl (C=O) groups is 1. The second-order valence-electron chi connectivity index (χ2n) is 9.30. The fourth-order valence-corrected chi connectivity index (χ4v) is 4.02. The number of rotatable bonds is 8. The minimum absolute atomic E-state index is 0.0616. The molecule has 0 spiro atoms. The molecule has 35 heavy (non-hydrogen) atoms. The van der Waals surface area contributed by atoms with Crippen LogP contribution in [0.1, 0.15) is 50.6 Å². The lowest BCUT2D eigenvalue weighted by molar-refractivity contribution is -0.122. The Kier molecular flexibility index (Phi) is 7.76. The van der Waals surface area contributed by atoms with E-state index in [1.54, 1.807) is 23.7 Å². The van der Waals surface area contributed by atoms with Crippen molar-refractivity contribution in [1.82, 2.24) is 20.1 Å². The SMILES string of the molecule is COc1cc(C(C)C(=O)NCc2cc(C(C)(C)C)nn2-c2cccc(Cl)c2)cnc1NS(C)(=O)=O. The van der Waals surface area contributed by atoms with Crippen LogP contribution in [0.5, 0.6) is 5.75 Å². The van der Waals surface area contributed by atoms with Gasteiger partial charge in [0.1, 0.15) is 0 Å². The van der Waals surface area contributed by atoms with Crippen molar-refractivity contribution < 1.29 is 17.9 Å². The molecular formula is C24H30ClN5O4S. The first-order valence-electron chi connectivity index (χ1n) is 10.9. The molecule has 2 heterocycles. The Morgan fingerprint density at radius 3 is 2.54 bits per heavy atom. The minimum Gasteiger partial charge on any atom is -0.493 e. The predicted molar refractivity (Wildman–Crippen MR) is 137 cm³/mol. The molecule has 3 rings (SSSR count). The number of nitrogens with one attached hydrogen (secondary N) is 2. The monoisotopic (exact) mass is 519 g/mol. The smallest absolute Gasteiger partial charge is 0.231 e. The molecule has 0 aliphatic heterocycles. The number of amides is 1. The summed E-state index contributed by atoms with van der Waals surface area (Å²) in [4.78, 5) is 17.1. The molecule has 1 unspecified atom stereocenters. The van der Waals surface area contributed by atoms with Crippen molar-refractivity contribution in [3.05, 3.63) is 64.6 Å². The number of carbonyl (C=O) groups excluding carboxylic acids is 1. The Balaban J connectivity index is 1.82. The van der Waals surface area contributed by atoms with Gasteiger partial charge in [0.2, 0.25) is 15.9 Å². The molecule has 0 saturated heterocycles. The van der Waals surface area contributed by atoms with E-state index in [0.717, 1.165) is 23.3 Å². The standard InChI is InChI=1S/C24H30ClN5O4S/c1-15(16-10-20(34-5)22(26-13-16)29-35(6,32)33)23(31)27-14-19-12-21(24(2,3)4)28-30(19)18-9-7-8-17(25)11-18/h7-13,15H,14H2,1-6H3,(H,26,29)(H,27,31). The van der Waals surface area contributed by atoms with E-state index in [2.05, 4.69) is 35.8 Å². The number of hydrogen-bond donors (Lipinski definition) is 2. The van der Waals surface area contributed by atoms with Crippen LogP contribution in [0.2, 0.25) is 5.02 Å². The van der Waals surface area contributed by atoms with Gasteiger partial charge in [-0.15, -0.1) is 0 Å². The van der Waals surface area contributed by atoms with Gasteiger partial charge < -0.3 is 10.1 Å². The molecule has 0 bridgehead atoms. The fourth-order valence-electron chi connectivity index (χ4n) is 3.33. The van der Waals surface area contributed by atoms with E-state index in [0.29, 0.717) is 10.6 Å². The molecule has 2 N–H and O–H groups in total. The summed E-state index contributed by atoms with van der Waals surface area (Å²) in [6.45, 7) is 8.21. The second kappa shape index (κ2) is 10.2. The Labute approximate surface area is 210 Å². The molecule has 1 amide bonds. The van der Waals surface area contributed by atoms with Crippen molar-refractivity contribution in [3.8, 4) is 11.4 Å². The number of pyridine rings is 1. The highest BCUT2D eigenvalue weighted by atomic mass is 35.5. The highest BCUT2D eigenvalue weighted by Gasteiger charge is 2.23. The normalized spacial score (nSPS) is 12.8.